The number of aldehydes is 1. The second-order valence-electron chi connectivity index (χ2n) is 6.96. The van der Waals surface area contributed by atoms with Crippen LogP contribution < -0.4 is 5.32 Å². The molecule has 1 aliphatic carbocycles. The van der Waals surface area contributed by atoms with E-state index in [0.717, 1.165) is 32.0 Å². The topological polar surface area (TPSA) is 59.1 Å². The number of nitrogens with one attached hydrogen (secondary N) is 1. The number of hydrogen-bond acceptors (Lipinski definition) is 3. The summed E-state index contributed by atoms with van der Waals surface area (Å²) in [5, 5.41) is 3.01. The maximum Gasteiger partial charge on any atom is 0.253 e. The van der Waals surface area contributed by atoms with E-state index in [1.165, 1.54) is 18.3 Å². The predicted molar refractivity (Wildman–Crippen MR) is 93.5 cm³/mol. The Kier molecular flexibility index (Phi) is 4.93. The summed E-state index contributed by atoms with van der Waals surface area (Å²) in [4.78, 5) is 27.7. The van der Waals surface area contributed by atoms with Crippen LogP contribution in [0.2, 0.25) is 0 Å². The molecule has 0 spiro atoms. The zero-order valence-corrected chi connectivity index (χ0v) is 14.2. The molecule has 0 bridgehead atoms. The zero-order chi connectivity index (χ0) is 17.9. The molecule has 1 aromatic heterocycles. The molecule has 2 aromatic rings. The van der Waals surface area contributed by atoms with Gasteiger partial charge in [0, 0.05) is 23.2 Å². The van der Waals surface area contributed by atoms with Gasteiger partial charge in [-0.2, -0.15) is 0 Å². The van der Waals surface area contributed by atoms with E-state index in [1.807, 2.05) is 6.92 Å². The van der Waals surface area contributed by atoms with Crippen LogP contribution in [0.4, 0.5) is 4.39 Å². The molecule has 0 aliphatic heterocycles. The largest absolute Gasteiger partial charge is 0.349 e. The zero-order valence-electron chi connectivity index (χ0n) is 14.2. The van der Waals surface area contributed by atoms with Gasteiger partial charge in [-0.25, -0.2) is 4.39 Å². The molecule has 25 heavy (non-hydrogen) atoms. The van der Waals surface area contributed by atoms with E-state index in [0.29, 0.717) is 16.8 Å². The van der Waals surface area contributed by atoms with Gasteiger partial charge in [0.25, 0.3) is 5.91 Å². The number of amides is 1. The van der Waals surface area contributed by atoms with Crippen molar-refractivity contribution in [2.75, 3.05) is 0 Å². The number of carbonyl (C=O) groups is 2. The lowest BCUT2D eigenvalue weighted by Crippen LogP contribution is -2.40. The number of carbonyl (C=O) groups excluding carboxylic acids is 2. The molecule has 1 aromatic carbocycles. The summed E-state index contributed by atoms with van der Waals surface area (Å²) < 4.78 is 13.3. The lowest BCUT2D eigenvalue weighted by atomic mass is 9.75. The number of nitrogens with zero attached hydrogens (tertiary/aromatic N) is 1. The average molecular weight is 340 g/mol. The van der Waals surface area contributed by atoms with E-state index in [-0.39, 0.29) is 23.2 Å². The molecule has 1 heterocycles. The van der Waals surface area contributed by atoms with Crippen LogP contribution >= 0.6 is 0 Å². The molecule has 3 rings (SSSR count). The number of aromatic nitrogens is 1. The molecule has 0 atom stereocenters. The lowest BCUT2D eigenvalue weighted by Gasteiger charge is -2.33. The van der Waals surface area contributed by atoms with Crippen molar-refractivity contribution >= 4 is 12.2 Å². The standard InChI is InChI=1S/C20H21FN2O2/c1-20(13-24)9-7-17(8-10-20)23-19(25)15-5-6-18(22-12-15)14-3-2-4-16(21)11-14/h2-6,11-13,17H,7-10H2,1H3,(H,23,25). The highest BCUT2D eigenvalue weighted by atomic mass is 19.1. The minimum Gasteiger partial charge on any atom is -0.349 e. The van der Waals surface area contributed by atoms with E-state index in [2.05, 4.69) is 10.3 Å². The van der Waals surface area contributed by atoms with Crippen LogP contribution in [0.3, 0.4) is 0 Å². The Bertz CT molecular complexity index is 766. The first-order chi connectivity index (χ1) is 12.0. The van der Waals surface area contributed by atoms with Crippen molar-refractivity contribution in [3.63, 3.8) is 0 Å². The van der Waals surface area contributed by atoms with E-state index in [4.69, 9.17) is 0 Å². The van der Waals surface area contributed by atoms with Gasteiger partial charge in [0.2, 0.25) is 0 Å². The van der Waals surface area contributed by atoms with Crippen molar-refractivity contribution in [2.24, 2.45) is 5.41 Å². The molecule has 1 fully saturated rings. The Hall–Kier alpha value is -2.56. The first-order valence-corrected chi connectivity index (χ1v) is 8.48. The summed E-state index contributed by atoms with van der Waals surface area (Å²) in [6.45, 7) is 1.97. The Morgan fingerprint density at radius 2 is 2.04 bits per heavy atom. The van der Waals surface area contributed by atoms with Crippen molar-refractivity contribution in [1.82, 2.24) is 10.3 Å². The molecule has 4 nitrogen and oxygen atoms in total. The van der Waals surface area contributed by atoms with E-state index >= 15 is 0 Å². The van der Waals surface area contributed by atoms with Gasteiger partial charge in [-0.3, -0.25) is 9.78 Å². The Morgan fingerprint density at radius 1 is 1.28 bits per heavy atom. The van der Waals surface area contributed by atoms with Crippen LogP contribution in [0.5, 0.6) is 0 Å². The van der Waals surface area contributed by atoms with Crippen LogP contribution in [-0.4, -0.2) is 23.2 Å². The molecular weight excluding hydrogens is 319 g/mol. The number of rotatable bonds is 4. The van der Waals surface area contributed by atoms with E-state index in [1.54, 1.807) is 24.3 Å². The molecular formula is C20H21FN2O2. The molecule has 1 aliphatic rings. The van der Waals surface area contributed by atoms with Gasteiger partial charge in [-0.15, -0.1) is 0 Å². The molecule has 0 saturated heterocycles. The minimum absolute atomic E-state index is 0.0865. The van der Waals surface area contributed by atoms with Crippen molar-refractivity contribution in [1.29, 1.82) is 0 Å². The van der Waals surface area contributed by atoms with Crippen molar-refractivity contribution < 1.29 is 14.0 Å². The average Bonchev–Trinajstić information content (AvgIpc) is 2.64. The smallest absolute Gasteiger partial charge is 0.253 e. The highest BCUT2D eigenvalue weighted by Crippen LogP contribution is 2.33. The molecule has 5 heteroatoms. The summed E-state index contributed by atoms with van der Waals surface area (Å²) in [6.07, 6.45) is 5.72. The second-order valence-corrected chi connectivity index (χ2v) is 6.96. The Morgan fingerprint density at radius 3 is 2.64 bits per heavy atom. The maximum atomic E-state index is 13.3. The van der Waals surface area contributed by atoms with Crippen LogP contribution in [-0.2, 0) is 4.79 Å². The molecule has 1 saturated carbocycles. The van der Waals surface area contributed by atoms with Gasteiger partial charge in [-0.1, -0.05) is 19.1 Å². The van der Waals surface area contributed by atoms with Gasteiger partial charge >= 0.3 is 0 Å². The Balaban J connectivity index is 1.63. The summed E-state index contributed by atoms with van der Waals surface area (Å²) in [6, 6.07) is 9.69. The van der Waals surface area contributed by atoms with Crippen molar-refractivity contribution in [3.8, 4) is 11.3 Å². The predicted octanol–water partition coefficient (Wildman–Crippen LogP) is 3.77. The third-order valence-corrected chi connectivity index (χ3v) is 4.89. The molecule has 130 valence electrons. The summed E-state index contributed by atoms with van der Waals surface area (Å²) in [5.74, 6) is -0.487. The third kappa shape index (κ3) is 4.10. The molecule has 1 amide bonds. The van der Waals surface area contributed by atoms with Crippen LogP contribution in [0, 0.1) is 11.2 Å². The number of halogens is 1. The summed E-state index contributed by atoms with van der Waals surface area (Å²) in [7, 11) is 0. The van der Waals surface area contributed by atoms with Crippen LogP contribution in [0.15, 0.2) is 42.6 Å². The monoisotopic (exact) mass is 340 g/mol. The van der Waals surface area contributed by atoms with Crippen LogP contribution in [0.25, 0.3) is 11.3 Å². The van der Waals surface area contributed by atoms with Crippen molar-refractivity contribution in [3.05, 3.63) is 54.0 Å². The molecule has 1 N–H and O–H groups in total. The number of hydrogen-bond donors (Lipinski definition) is 1. The van der Waals surface area contributed by atoms with Gasteiger partial charge < -0.3 is 10.1 Å². The third-order valence-electron chi connectivity index (χ3n) is 4.89. The highest BCUT2D eigenvalue weighted by Gasteiger charge is 2.31. The maximum absolute atomic E-state index is 13.3. The number of benzene rings is 1. The summed E-state index contributed by atoms with van der Waals surface area (Å²) in [5.41, 5.74) is 1.52. The lowest BCUT2D eigenvalue weighted by molar-refractivity contribution is -0.117. The fourth-order valence-corrected chi connectivity index (χ4v) is 3.15. The first-order valence-electron chi connectivity index (χ1n) is 8.48. The quantitative estimate of drug-likeness (QED) is 0.862. The second kappa shape index (κ2) is 7.13. The first kappa shape index (κ1) is 17.3. The van der Waals surface area contributed by atoms with Crippen LogP contribution in [0.1, 0.15) is 43.0 Å². The number of pyridine rings is 1. The fraction of sp³-hybridized carbons (Fsp3) is 0.350. The minimum atomic E-state index is -0.319. The van der Waals surface area contributed by atoms with Crippen molar-refractivity contribution in [2.45, 2.75) is 38.6 Å². The highest BCUT2D eigenvalue weighted by molar-refractivity contribution is 5.94. The Labute approximate surface area is 146 Å². The van der Waals surface area contributed by atoms with Gasteiger partial charge in [0.15, 0.2) is 0 Å². The molecule has 0 radical (unpaired) electrons. The molecule has 0 unspecified atom stereocenters. The van der Waals surface area contributed by atoms with Gasteiger partial charge in [-0.05, 0) is 49.9 Å². The van der Waals surface area contributed by atoms with E-state index in [9.17, 15) is 14.0 Å². The van der Waals surface area contributed by atoms with Gasteiger partial charge in [0.05, 0.1) is 11.3 Å². The fourth-order valence-electron chi connectivity index (χ4n) is 3.15. The van der Waals surface area contributed by atoms with Gasteiger partial charge in [0.1, 0.15) is 12.1 Å². The normalized spacial score (nSPS) is 23.0. The van der Waals surface area contributed by atoms with E-state index < -0.39 is 0 Å². The summed E-state index contributed by atoms with van der Waals surface area (Å²) >= 11 is 0. The SMILES string of the molecule is CC1(C=O)CCC(NC(=O)c2ccc(-c3cccc(F)c3)nc2)CC1.